The number of nitrogens with zero attached hydrogens (tertiary/aromatic N) is 4. The molecule has 3 aliphatic rings. The number of aliphatic imine (C=N–C) groups is 1. The molecule has 5 heteroatoms. The van der Waals surface area contributed by atoms with E-state index in [4.69, 9.17) is 20.0 Å². The fourth-order valence-corrected chi connectivity index (χ4v) is 8.87. The number of allylic oxidation sites excluding steroid dienone is 2. The van der Waals surface area contributed by atoms with Crippen molar-refractivity contribution in [3.63, 3.8) is 0 Å². The van der Waals surface area contributed by atoms with Crippen molar-refractivity contribution in [3.05, 3.63) is 194 Å². The van der Waals surface area contributed by atoms with Gasteiger partial charge in [0.1, 0.15) is 0 Å². The first kappa shape index (κ1) is 40.4. The summed E-state index contributed by atoms with van der Waals surface area (Å²) in [5.74, 6) is 0. The van der Waals surface area contributed by atoms with E-state index in [0.29, 0.717) is 0 Å². The van der Waals surface area contributed by atoms with E-state index in [0.717, 1.165) is 88.6 Å². The van der Waals surface area contributed by atoms with Crippen molar-refractivity contribution in [1.29, 1.82) is 0 Å². The predicted octanol–water partition coefficient (Wildman–Crippen LogP) is 10.2. The summed E-state index contributed by atoms with van der Waals surface area (Å²) in [5.41, 5.74) is 15.7. The summed E-state index contributed by atoms with van der Waals surface area (Å²) in [7, 11) is 0. The molecule has 2 aromatic heterocycles. The van der Waals surface area contributed by atoms with Gasteiger partial charge >= 0.3 is 16.5 Å². The maximum atomic E-state index is 5.55. The van der Waals surface area contributed by atoms with Crippen LogP contribution in [0.5, 0.6) is 0 Å². The third-order valence-corrected chi connectivity index (χ3v) is 12.3. The van der Waals surface area contributed by atoms with Gasteiger partial charge in [0.25, 0.3) is 0 Å². The topological polar surface area (TPSA) is 52.9 Å². The van der Waals surface area contributed by atoms with E-state index in [1.54, 1.807) is 0 Å². The molecule has 0 radical (unpaired) electrons. The minimum Gasteiger partial charge on any atom is -0.657 e. The molecule has 0 spiro atoms. The Morgan fingerprint density at radius 2 is 1.03 bits per heavy atom. The molecule has 61 heavy (non-hydrogen) atoms. The van der Waals surface area contributed by atoms with Crippen LogP contribution in [0.2, 0.25) is 0 Å². The van der Waals surface area contributed by atoms with Gasteiger partial charge in [0, 0.05) is 10.9 Å². The Morgan fingerprint density at radius 1 is 0.443 bits per heavy atom. The summed E-state index contributed by atoms with van der Waals surface area (Å²) < 4.78 is 0. The van der Waals surface area contributed by atoms with E-state index < -0.39 is 0 Å². The summed E-state index contributed by atoms with van der Waals surface area (Å²) >= 11 is 0. The molecule has 0 N–H and O–H groups in total. The van der Waals surface area contributed by atoms with Crippen LogP contribution in [0.15, 0.2) is 149 Å². The van der Waals surface area contributed by atoms with E-state index in [9.17, 15) is 0 Å². The molecule has 8 bridgehead atoms. The van der Waals surface area contributed by atoms with Crippen LogP contribution >= 0.6 is 0 Å². The van der Waals surface area contributed by atoms with Gasteiger partial charge in [-0.15, -0.1) is 22.1 Å². The molecule has 10 rings (SSSR count). The average Bonchev–Trinajstić information content (AvgIpc) is 4.05. The SMILES string of the molecule is CC(C)(C)c1ccc(C2=C3C=CC(=N3)C(c3ccc(C(C)(C)C)cc3)=c3ccc([n-]3)=C3C=c4c(-c5ccccc5)c5cc(C(C)(C)C)ccc5c(c4=N3)-c3ccc2[n-]3)cc1.[Ni+2]. The van der Waals surface area contributed by atoms with E-state index in [-0.39, 0.29) is 32.7 Å². The summed E-state index contributed by atoms with van der Waals surface area (Å²) in [6.45, 7) is 20.4. The molecular weight excluding hydrogens is 787 g/mol. The van der Waals surface area contributed by atoms with Crippen LogP contribution in [0.4, 0.5) is 0 Å². The van der Waals surface area contributed by atoms with Crippen molar-refractivity contribution in [2.75, 3.05) is 0 Å². The summed E-state index contributed by atoms with van der Waals surface area (Å²) in [6, 6.07) is 44.2. The Bertz CT molecular complexity index is 3260. The quantitative estimate of drug-likeness (QED) is 0.167. The van der Waals surface area contributed by atoms with Gasteiger partial charge in [-0.3, -0.25) is 0 Å². The second-order valence-corrected chi connectivity index (χ2v) is 19.6. The maximum Gasteiger partial charge on any atom is 2.00 e. The third kappa shape index (κ3) is 7.03. The molecular formula is C56H50N4Ni. The second kappa shape index (κ2) is 14.6. The van der Waals surface area contributed by atoms with Crippen LogP contribution in [0, 0.1) is 0 Å². The zero-order valence-electron chi connectivity index (χ0n) is 36.4. The van der Waals surface area contributed by atoms with Crippen molar-refractivity contribution in [3.8, 4) is 22.4 Å². The van der Waals surface area contributed by atoms with Gasteiger partial charge in [0.15, 0.2) is 0 Å². The number of fused-ring (bicyclic) bond motifs is 9. The van der Waals surface area contributed by atoms with E-state index in [1.165, 1.54) is 27.6 Å². The van der Waals surface area contributed by atoms with Crippen LogP contribution < -0.4 is 31.2 Å². The molecule has 5 heterocycles. The van der Waals surface area contributed by atoms with Gasteiger partial charge in [-0.25, -0.2) is 9.98 Å². The third-order valence-electron chi connectivity index (χ3n) is 12.3. The first-order valence-corrected chi connectivity index (χ1v) is 21.1. The minimum atomic E-state index is -0.0408. The Hall–Kier alpha value is -6.03. The molecule has 0 atom stereocenters. The summed E-state index contributed by atoms with van der Waals surface area (Å²) in [5, 5.41) is 6.04. The van der Waals surface area contributed by atoms with E-state index >= 15 is 0 Å². The van der Waals surface area contributed by atoms with Gasteiger partial charge in [-0.1, -0.05) is 178 Å². The zero-order valence-corrected chi connectivity index (χ0v) is 37.4. The van der Waals surface area contributed by atoms with Crippen LogP contribution in [0.3, 0.4) is 0 Å². The van der Waals surface area contributed by atoms with E-state index in [1.807, 2.05) is 0 Å². The van der Waals surface area contributed by atoms with E-state index in [2.05, 4.69) is 202 Å². The molecule has 4 nitrogen and oxygen atoms in total. The van der Waals surface area contributed by atoms with Crippen LogP contribution in [-0.2, 0) is 32.7 Å². The Balaban J connectivity index is 0.00000476. The maximum absolute atomic E-state index is 5.55. The van der Waals surface area contributed by atoms with Crippen LogP contribution in [-0.4, -0.2) is 5.71 Å². The molecule has 0 unspecified atom stereocenters. The van der Waals surface area contributed by atoms with Gasteiger partial charge in [-0.05, 0) is 107 Å². The number of hydrogen-bond donors (Lipinski definition) is 0. The van der Waals surface area contributed by atoms with Crippen molar-refractivity contribution < 1.29 is 16.5 Å². The molecule has 0 saturated heterocycles. The number of rotatable bonds is 3. The fraction of sp³-hybridized carbons (Fsp3) is 0.214. The Kier molecular flexibility index (Phi) is 9.64. The van der Waals surface area contributed by atoms with Crippen LogP contribution in [0.25, 0.3) is 56.1 Å². The number of benzene rings is 5. The summed E-state index contributed by atoms with van der Waals surface area (Å²) in [4.78, 5) is 21.9. The molecule has 0 saturated carbocycles. The fourth-order valence-electron chi connectivity index (χ4n) is 8.87. The second-order valence-electron chi connectivity index (χ2n) is 19.6. The molecule has 0 aliphatic carbocycles. The molecule has 304 valence electrons. The summed E-state index contributed by atoms with van der Waals surface area (Å²) in [6.07, 6.45) is 6.54. The van der Waals surface area contributed by atoms with Crippen molar-refractivity contribution >= 4 is 39.4 Å². The Morgan fingerprint density at radius 3 is 1.67 bits per heavy atom. The molecule has 0 amide bonds. The molecule has 7 aromatic rings. The van der Waals surface area contributed by atoms with Gasteiger partial charge in [0.05, 0.1) is 16.8 Å². The van der Waals surface area contributed by atoms with Gasteiger partial charge in [0.2, 0.25) is 0 Å². The van der Waals surface area contributed by atoms with Crippen molar-refractivity contribution in [1.82, 2.24) is 9.97 Å². The largest absolute Gasteiger partial charge is 2.00 e. The van der Waals surface area contributed by atoms with Gasteiger partial charge < -0.3 is 9.97 Å². The predicted molar refractivity (Wildman–Crippen MR) is 250 cm³/mol. The number of hydrogen-bond acceptors (Lipinski definition) is 2. The standard InChI is InChI=1S/C56H50N4.Ni/c1-54(2,3)36-19-15-34(16-20-36)50-43-26-25-42(57-43)48-32-41-49(33-13-11-10-12-14-33)40-31-38(56(7,8)9)23-24-39(40)52(53(41)60-48)47-30-29-46(59-47)51(45-28-27-44(50)58-45)35-17-21-37(22-18-35)55(4,5)6;/h10-32H,1-9H3;/q-2;+2. The average molecular weight is 838 g/mol. The Labute approximate surface area is 368 Å². The van der Waals surface area contributed by atoms with Crippen molar-refractivity contribution in [2.24, 2.45) is 9.98 Å². The van der Waals surface area contributed by atoms with Crippen LogP contribution in [0.1, 0.15) is 95.8 Å². The normalized spacial score (nSPS) is 14.7. The zero-order chi connectivity index (χ0) is 41.7. The van der Waals surface area contributed by atoms with Gasteiger partial charge in [-0.2, -0.15) is 0 Å². The smallest absolute Gasteiger partial charge is 0.657 e. The molecule has 5 aromatic carbocycles. The minimum absolute atomic E-state index is 0. The van der Waals surface area contributed by atoms with Crippen molar-refractivity contribution in [2.45, 2.75) is 78.6 Å². The molecule has 3 aliphatic heterocycles. The monoisotopic (exact) mass is 836 g/mol. The molecule has 0 fully saturated rings. The first-order valence-electron chi connectivity index (χ1n) is 21.1. The first-order chi connectivity index (χ1) is 28.6. The number of aromatic nitrogens is 2.